The maximum Gasteiger partial charge on any atom is 0.410 e. The van der Waals surface area contributed by atoms with Crippen molar-refractivity contribution >= 4 is 11.7 Å². The Kier molecular flexibility index (Phi) is 5.24. The summed E-state index contributed by atoms with van der Waals surface area (Å²) in [6.45, 7) is 2.12. The van der Waals surface area contributed by atoms with Crippen LogP contribution in [0.15, 0.2) is 42.6 Å². The van der Waals surface area contributed by atoms with Crippen LogP contribution >= 0.6 is 0 Å². The van der Waals surface area contributed by atoms with Crippen molar-refractivity contribution in [3.63, 3.8) is 0 Å². The Bertz CT molecular complexity index is 1090. The lowest BCUT2D eigenvalue weighted by molar-refractivity contribution is -0.173. The summed E-state index contributed by atoms with van der Waals surface area (Å²) in [5.74, 6) is -0.277. The number of aryl methyl sites for hydroxylation is 2. The zero-order valence-corrected chi connectivity index (χ0v) is 17.4. The van der Waals surface area contributed by atoms with Gasteiger partial charge in [-0.3, -0.25) is 9.48 Å². The number of nitrogens with zero attached hydrogens (tertiary/aromatic N) is 5. The predicted molar refractivity (Wildman–Crippen MR) is 108 cm³/mol. The molecule has 0 saturated heterocycles. The molecule has 0 fully saturated rings. The maximum absolute atomic E-state index is 13.8. The minimum absolute atomic E-state index is 0.0329. The summed E-state index contributed by atoms with van der Waals surface area (Å²) < 4.78 is 44.0. The van der Waals surface area contributed by atoms with Crippen molar-refractivity contribution in [2.75, 3.05) is 12.4 Å². The van der Waals surface area contributed by atoms with Gasteiger partial charge in [0.05, 0.1) is 11.7 Å². The molecular formula is C21H23F3N6O. The van der Waals surface area contributed by atoms with E-state index in [4.69, 9.17) is 0 Å². The molecule has 164 valence electrons. The van der Waals surface area contributed by atoms with E-state index in [0.29, 0.717) is 0 Å². The Morgan fingerprint density at radius 1 is 1.26 bits per heavy atom. The fraction of sp³-hybridized carbons (Fsp3) is 0.381. The van der Waals surface area contributed by atoms with Crippen molar-refractivity contribution in [3.05, 3.63) is 65.1 Å². The fourth-order valence-corrected chi connectivity index (χ4v) is 3.91. The van der Waals surface area contributed by atoms with Crippen LogP contribution in [0.4, 0.5) is 19.0 Å². The highest BCUT2D eigenvalue weighted by molar-refractivity contribution is 5.93. The summed E-state index contributed by atoms with van der Waals surface area (Å²) in [5.41, 5.74) is 2.37. The van der Waals surface area contributed by atoms with Gasteiger partial charge in [0, 0.05) is 44.9 Å². The zero-order valence-electron chi connectivity index (χ0n) is 17.4. The SMILES string of the molecule is Cc1nn(C)cc1CN(C)C(=O)c1cc2n(n1)[C@H](C(F)(F)F)C[C@H](c1ccccc1)N2. The van der Waals surface area contributed by atoms with Crippen LogP contribution < -0.4 is 5.32 Å². The third-order valence-corrected chi connectivity index (χ3v) is 5.48. The van der Waals surface area contributed by atoms with Crippen LogP contribution in [0.1, 0.15) is 45.8 Å². The van der Waals surface area contributed by atoms with E-state index in [1.807, 2.05) is 19.2 Å². The molecule has 1 aliphatic heterocycles. The molecule has 1 aromatic carbocycles. The highest BCUT2D eigenvalue weighted by atomic mass is 19.4. The molecule has 31 heavy (non-hydrogen) atoms. The average Bonchev–Trinajstić information content (AvgIpc) is 3.28. The van der Waals surface area contributed by atoms with Gasteiger partial charge in [0.25, 0.3) is 5.91 Å². The number of amides is 1. The lowest BCUT2D eigenvalue weighted by Crippen LogP contribution is -2.35. The fourth-order valence-electron chi connectivity index (χ4n) is 3.91. The molecular weight excluding hydrogens is 409 g/mol. The second-order valence-electron chi connectivity index (χ2n) is 7.83. The minimum atomic E-state index is -4.49. The van der Waals surface area contributed by atoms with Gasteiger partial charge in [-0.25, -0.2) is 4.68 Å². The second-order valence-corrected chi connectivity index (χ2v) is 7.83. The first kappa shape index (κ1) is 21.0. The molecule has 0 saturated carbocycles. The Morgan fingerprint density at radius 2 is 1.97 bits per heavy atom. The molecule has 3 aromatic rings. The van der Waals surface area contributed by atoms with E-state index in [2.05, 4.69) is 15.5 Å². The number of rotatable bonds is 4. The number of fused-ring (bicyclic) bond motifs is 1. The van der Waals surface area contributed by atoms with E-state index < -0.39 is 24.2 Å². The number of aromatic nitrogens is 4. The van der Waals surface area contributed by atoms with Crippen molar-refractivity contribution < 1.29 is 18.0 Å². The lowest BCUT2D eigenvalue weighted by atomic mass is 9.97. The number of halogens is 3. The molecule has 1 amide bonds. The molecule has 0 aliphatic carbocycles. The van der Waals surface area contributed by atoms with Gasteiger partial charge in [0.1, 0.15) is 5.82 Å². The Balaban J connectivity index is 1.61. The molecule has 1 aliphatic rings. The number of carbonyl (C=O) groups is 1. The van der Waals surface area contributed by atoms with Crippen molar-refractivity contribution in [2.24, 2.45) is 7.05 Å². The van der Waals surface area contributed by atoms with Crippen LogP contribution in [-0.2, 0) is 13.6 Å². The van der Waals surface area contributed by atoms with E-state index in [-0.39, 0.29) is 24.5 Å². The number of hydrogen-bond donors (Lipinski definition) is 1. The van der Waals surface area contributed by atoms with Crippen molar-refractivity contribution in [1.82, 2.24) is 24.5 Å². The molecule has 4 rings (SSSR count). The topological polar surface area (TPSA) is 68.0 Å². The number of hydrogen-bond acceptors (Lipinski definition) is 4. The minimum Gasteiger partial charge on any atom is -0.363 e. The summed E-state index contributed by atoms with van der Waals surface area (Å²) in [7, 11) is 3.38. The van der Waals surface area contributed by atoms with Crippen LogP contribution in [0.5, 0.6) is 0 Å². The normalized spacial score (nSPS) is 18.4. The first-order valence-electron chi connectivity index (χ1n) is 9.86. The molecule has 7 nitrogen and oxygen atoms in total. The zero-order chi connectivity index (χ0) is 22.3. The van der Waals surface area contributed by atoms with Crippen LogP contribution in [0.3, 0.4) is 0 Å². The van der Waals surface area contributed by atoms with Gasteiger partial charge in [-0.2, -0.15) is 23.4 Å². The molecule has 0 spiro atoms. The molecule has 3 heterocycles. The van der Waals surface area contributed by atoms with E-state index in [9.17, 15) is 18.0 Å². The first-order valence-corrected chi connectivity index (χ1v) is 9.86. The Labute approximate surface area is 177 Å². The van der Waals surface area contributed by atoms with E-state index in [0.717, 1.165) is 21.5 Å². The number of anilines is 1. The number of nitrogens with one attached hydrogen (secondary N) is 1. The quantitative estimate of drug-likeness (QED) is 0.680. The second kappa shape index (κ2) is 7.75. The van der Waals surface area contributed by atoms with E-state index in [1.165, 1.54) is 11.0 Å². The third-order valence-electron chi connectivity index (χ3n) is 5.48. The summed E-state index contributed by atoms with van der Waals surface area (Å²) >= 11 is 0. The predicted octanol–water partition coefficient (Wildman–Crippen LogP) is 3.86. The van der Waals surface area contributed by atoms with E-state index in [1.54, 1.807) is 43.0 Å². The highest BCUT2D eigenvalue weighted by Crippen LogP contribution is 2.43. The van der Waals surface area contributed by atoms with Gasteiger partial charge < -0.3 is 10.2 Å². The smallest absolute Gasteiger partial charge is 0.363 e. The first-order chi connectivity index (χ1) is 14.6. The van der Waals surface area contributed by atoms with Crippen molar-refractivity contribution in [1.29, 1.82) is 0 Å². The van der Waals surface area contributed by atoms with Crippen LogP contribution in [0, 0.1) is 6.92 Å². The van der Waals surface area contributed by atoms with Crippen LogP contribution in [0.2, 0.25) is 0 Å². The standard InChI is InChI=1S/C21H23F3N6O/c1-13-15(12-29(3)26-13)11-28(2)20(31)17-10-19-25-16(14-7-5-4-6-8-14)9-18(21(22,23)24)30(19)27-17/h4-8,10,12,16,18,25H,9,11H2,1-3H3/t16-,18+/m1/s1. The summed E-state index contributed by atoms with van der Waals surface area (Å²) in [6, 6.07) is 8.00. The summed E-state index contributed by atoms with van der Waals surface area (Å²) in [5, 5.41) is 11.4. The largest absolute Gasteiger partial charge is 0.410 e. The molecule has 2 atom stereocenters. The lowest BCUT2D eigenvalue weighted by Gasteiger charge is -2.33. The molecule has 0 bridgehead atoms. The van der Waals surface area contributed by atoms with E-state index >= 15 is 0 Å². The number of carbonyl (C=O) groups excluding carboxylic acids is 1. The van der Waals surface area contributed by atoms with Crippen LogP contribution in [0.25, 0.3) is 0 Å². The average molecular weight is 432 g/mol. The molecule has 0 unspecified atom stereocenters. The summed E-state index contributed by atoms with van der Waals surface area (Å²) in [4.78, 5) is 14.3. The van der Waals surface area contributed by atoms with Gasteiger partial charge >= 0.3 is 6.18 Å². The molecule has 0 radical (unpaired) electrons. The van der Waals surface area contributed by atoms with Gasteiger partial charge in [-0.05, 0) is 12.5 Å². The van der Waals surface area contributed by atoms with Crippen LogP contribution in [-0.4, -0.2) is 43.6 Å². The highest BCUT2D eigenvalue weighted by Gasteiger charge is 2.46. The van der Waals surface area contributed by atoms with Gasteiger partial charge in [-0.1, -0.05) is 30.3 Å². The molecule has 2 aromatic heterocycles. The summed E-state index contributed by atoms with van der Waals surface area (Å²) in [6.07, 6.45) is -2.89. The number of alkyl halides is 3. The van der Waals surface area contributed by atoms with Gasteiger partial charge in [0.2, 0.25) is 0 Å². The van der Waals surface area contributed by atoms with Crippen molar-refractivity contribution in [2.45, 2.75) is 38.1 Å². The maximum atomic E-state index is 13.8. The van der Waals surface area contributed by atoms with Crippen molar-refractivity contribution in [3.8, 4) is 0 Å². The number of benzene rings is 1. The monoisotopic (exact) mass is 432 g/mol. The van der Waals surface area contributed by atoms with Gasteiger partial charge in [0.15, 0.2) is 11.7 Å². The van der Waals surface area contributed by atoms with Gasteiger partial charge in [-0.15, -0.1) is 0 Å². The Morgan fingerprint density at radius 3 is 2.58 bits per heavy atom. The Hall–Kier alpha value is -3.30. The molecule has 1 N–H and O–H groups in total. The molecule has 10 heteroatoms. The third kappa shape index (κ3) is 4.14.